The second-order valence-electron chi connectivity index (χ2n) is 5.12. The standard InChI is InChI=1S/C19H22N2O5/c1-3-24-16-7-5-6-8-17(16)26-13-19(23)21-20-12-14-9-10-15(22)18(11-14)25-4-2/h5-12,22H,3-4,13H2,1-2H3,(H,21,23)/b20-12-. The number of carbonyl (C=O) groups excluding carboxylic acids is 1. The van der Waals surface area contributed by atoms with Gasteiger partial charge in [0.1, 0.15) is 0 Å². The molecule has 0 spiro atoms. The molecule has 0 fully saturated rings. The summed E-state index contributed by atoms with van der Waals surface area (Å²) in [5.74, 6) is 1.08. The zero-order valence-electron chi connectivity index (χ0n) is 14.8. The molecule has 1 amide bonds. The minimum atomic E-state index is -0.406. The molecular formula is C19H22N2O5. The summed E-state index contributed by atoms with van der Waals surface area (Å²) in [5.41, 5.74) is 3.06. The van der Waals surface area contributed by atoms with E-state index in [4.69, 9.17) is 14.2 Å². The molecule has 0 aromatic heterocycles. The molecule has 0 saturated carbocycles. The van der Waals surface area contributed by atoms with Crippen LogP contribution in [0.25, 0.3) is 0 Å². The van der Waals surface area contributed by atoms with Crippen molar-refractivity contribution in [2.75, 3.05) is 19.8 Å². The maximum atomic E-state index is 11.8. The Balaban J connectivity index is 1.87. The number of para-hydroxylation sites is 2. The molecule has 2 rings (SSSR count). The number of phenolic OH excluding ortho intramolecular Hbond substituents is 1. The Morgan fingerprint density at radius 1 is 1.04 bits per heavy atom. The SMILES string of the molecule is CCOc1cc(/C=N\NC(=O)COc2ccccc2OCC)ccc1O. The topological polar surface area (TPSA) is 89.4 Å². The number of benzene rings is 2. The fourth-order valence-electron chi connectivity index (χ4n) is 2.08. The zero-order valence-corrected chi connectivity index (χ0v) is 14.8. The number of ether oxygens (including phenoxy) is 3. The van der Waals surface area contributed by atoms with Gasteiger partial charge in [0.15, 0.2) is 29.6 Å². The van der Waals surface area contributed by atoms with Gasteiger partial charge in [0.05, 0.1) is 19.4 Å². The number of nitrogens with one attached hydrogen (secondary N) is 1. The van der Waals surface area contributed by atoms with Crippen LogP contribution in [0.15, 0.2) is 47.6 Å². The van der Waals surface area contributed by atoms with Gasteiger partial charge in [-0.15, -0.1) is 0 Å². The summed E-state index contributed by atoms with van der Waals surface area (Å²) in [7, 11) is 0. The van der Waals surface area contributed by atoms with Crippen molar-refractivity contribution >= 4 is 12.1 Å². The molecule has 7 heteroatoms. The highest BCUT2D eigenvalue weighted by molar-refractivity contribution is 5.83. The minimum Gasteiger partial charge on any atom is -0.504 e. The number of phenols is 1. The Morgan fingerprint density at radius 3 is 2.38 bits per heavy atom. The van der Waals surface area contributed by atoms with Crippen LogP contribution in [0.1, 0.15) is 19.4 Å². The van der Waals surface area contributed by atoms with E-state index in [1.807, 2.05) is 19.9 Å². The van der Waals surface area contributed by atoms with Crippen LogP contribution in [0.3, 0.4) is 0 Å². The highest BCUT2D eigenvalue weighted by atomic mass is 16.5. The van der Waals surface area contributed by atoms with Crippen molar-refractivity contribution in [2.45, 2.75) is 13.8 Å². The summed E-state index contributed by atoms with van der Waals surface area (Å²) in [6, 6.07) is 11.9. The molecular weight excluding hydrogens is 336 g/mol. The number of nitrogens with zero attached hydrogens (tertiary/aromatic N) is 1. The van der Waals surface area contributed by atoms with Gasteiger partial charge in [0.2, 0.25) is 0 Å². The maximum absolute atomic E-state index is 11.8. The molecule has 0 bridgehead atoms. The monoisotopic (exact) mass is 358 g/mol. The average Bonchev–Trinajstić information content (AvgIpc) is 2.64. The molecule has 0 aliphatic carbocycles. The van der Waals surface area contributed by atoms with Crippen LogP contribution in [0.2, 0.25) is 0 Å². The second kappa shape index (κ2) is 9.93. The summed E-state index contributed by atoms with van der Waals surface area (Å²) in [4.78, 5) is 11.8. The van der Waals surface area contributed by atoms with Gasteiger partial charge in [0, 0.05) is 0 Å². The van der Waals surface area contributed by atoms with Crippen molar-refractivity contribution in [3.8, 4) is 23.0 Å². The lowest BCUT2D eigenvalue weighted by atomic mass is 10.2. The van der Waals surface area contributed by atoms with Crippen molar-refractivity contribution in [3.05, 3.63) is 48.0 Å². The van der Waals surface area contributed by atoms with Crippen LogP contribution in [-0.4, -0.2) is 37.0 Å². The van der Waals surface area contributed by atoms with Crippen LogP contribution in [0.5, 0.6) is 23.0 Å². The Morgan fingerprint density at radius 2 is 1.69 bits per heavy atom. The van der Waals surface area contributed by atoms with Gasteiger partial charge < -0.3 is 19.3 Å². The van der Waals surface area contributed by atoms with E-state index in [2.05, 4.69) is 10.5 Å². The van der Waals surface area contributed by atoms with Crippen LogP contribution in [0.4, 0.5) is 0 Å². The lowest BCUT2D eigenvalue weighted by molar-refractivity contribution is -0.123. The Hall–Kier alpha value is -3.22. The zero-order chi connectivity index (χ0) is 18.8. The minimum absolute atomic E-state index is 0.0504. The van der Waals surface area contributed by atoms with Gasteiger partial charge in [-0.3, -0.25) is 4.79 Å². The Bertz CT molecular complexity index is 761. The van der Waals surface area contributed by atoms with Gasteiger partial charge in [-0.1, -0.05) is 12.1 Å². The molecule has 2 aromatic carbocycles. The van der Waals surface area contributed by atoms with Crippen molar-refractivity contribution < 1.29 is 24.1 Å². The number of hydrogen-bond acceptors (Lipinski definition) is 6. The first-order valence-electron chi connectivity index (χ1n) is 8.26. The van der Waals surface area contributed by atoms with Crippen LogP contribution >= 0.6 is 0 Å². The van der Waals surface area contributed by atoms with Gasteiger partial charge >= 0.3 is 0 Å². The molecule has 0 aliphatic heterocycles. The smallest absolute Gasteiger partial charge is 0.277 e. The summed E-state index contributed by atoms with van der Waals surface area (Å²) in [6.45, 7) is 4.45. The number of amides is 1. The van der Waals surface area contributed by atoms with E-state index in [-0.39, 0.29) is 12.4 Å². The van der Waals surface area contributed by atoms with Crippen LogP contribution in [0, 0.1) is 0 Å². The van der Waals surface area contributed by atoms with E-state index < -0.39 is 5.91 Å². The van der Waals surface area contributed by atoms with E-state index in [9.17, 15) is 9.90 Å². The summed E-state index contributed by atoms with van der Waals surface area (Å²) in [6.07, 6.45) is 1.45. The van der Waals surface area contributed by atoms with Crippen LogP contribution in [-0.2, 0) is 4.79 Å². The molecule has 0 heterocycles. The molecule has 26 heavy (non-hydrogen) atoms. The molecule has 0 unspecified atom stereocenters. The summed E-state index contributed by atoms with van der Waals surface area (Å²) >= 11 is 0. The van der Waals surface area contributed by atoms with Gasteiger partial charge in [-0.25, -0.2) is 5.43 Å². The second-order valence-corrected chi connectivity index (χ2v) is 5.12. The number of rotatable bonds is 9. The third kappa shape index (κ3) is 5.70. The molecule has 2 N–H and O–H groups in total. The third-order valence-electron chi connectivity index (χ3n) is 3.19. The van der Waals surface area contributed by atoms with Gasteiger partial charge in [0.25, 0.3) is 5.91 Å². The number of hydrazone groups is 1. The summed E-state index contributed by atoms with van der Waals surface area (Å²) in [5, 5.41) is 13.5. The van der Waals surface area contributed by atoms with E-state index in [0.717, 1.165) is 0 Å². The lowest BCUT2D eigenvalue weighted by Crippen LogP contribution is -2.24. The van der Waals surface area contributed by atoms with Crippen molar-refractivity contribution in [1.82, 2.24) is 5.43 Å². The van der Waals surface area contributed by atoms with Gasteiger partial charge in [-0.2, -0.15) is 5.10 Å². The number of aromatic hydroxyl groups is 1. The Kier molecular flexibility index (Phi) is 7.30. The molecule has 0 atom stereocenters. The lowest BCUT2D eigenvalue weighted by Gasteiger charge is -2.10. The molecule has 0 aliphatic rings. The van der Waals surface area contributed by atoms with Crippen molar-refractivity contribution in [1.29, 1.82) is 0 Å². The molecule has 0 saturated heterocycles. The third-order valence-corrected chi connectivity index (χ3v) is 3.19. The largest absolute Gasteiger partial charge is 0.504 e. The first-order chi connectivity index (χ1) is 12.6. The highest BCUT2D eigenvalue weighted by Gasteiger charge is 2.07. The van der Waals surface area contributed by atoms with E-state index in [1.54, 1.807) is 30.3 Å². The first kappa shape index (κ1) is 19.1. The molecule has 2 aromatic rings. The quantitative estimate of drug-likeness (QED) is 0.531. The highest BCUT2D eigenvalue weighted by Crippen LogP contribution is 2.26. The molecule has 0 radical (unpaired) electrons. The predicted molar refractivity (Wildman–Crippen MR) is 98.1 cm³/mol. The number of hydrogen-bond donors (Lipinski definition) is 2. The van der Waals surface area contributed by atoms with E-state index >= 15 is 0 Å². The average molecular weight is 358 g/mol. The van der Waals surface area contributed by atoms with Crippen molar-refractivity contribution in [3.63, 3.8) is 0 Å². The normalized spacial score (nSPS) is 10.5. The first-order valence-corrected chi connectivity index (χ1v) is 8.26. The fraction of sp³-hybridized carbons (Fsp3) is 0.263. The molecule has 138 valence electrons. The van der Waals surface area contributed by atoms with Gasteiger partial charge in [-0.05, 0) is 49.7 Å². The fourth-order valence-corrected chi connectivity index (χ4v) is 2.08. The predicted octanol–water partition coefficient (Wildman–Crippen LogP) is 2.72. The summed E-state index contributed by atoms with van der Waals surface area (Å²) < 4.78 is 16.2. The molecule has 7 nitrogen and oxygen atoms in total. The Labute approximate surface area is 152 Å². The number of carbonyl (C=O) groups is 1. The van der Waals surface area contributed by atoms with E-state index in [1.165, 1.54) is 12.3 Å². The van der Waals surface area contributed by atoms with Crippen molar-refractivity contribution in [2.24, 2.45) is 5.10 Å². The van der Waals surface area contributed by atoms with E-state index in [0.29, 0.717) is 36.0 Å². The van der Waals surface area contributed by atoms with Crippen LogP contribution < -0.4 is 19.6 Å². The maximum Gasteiger partial charge on any atom is 0.277 e.